The van der Waals surface area contributed by atoms with Gasteiger partial charge in [-0.2, -0.15) is 4.98 Å². The molecule has 0 atom stereocenters. The maximum absolute atomic E-state index is 6.19. The minimum Gasteiger partial charge on any atom is -0.496 e. The van der Waals surface area contributed by atoms with Crippen LogP contribution >= 0.6 is 23.2 Å². The number of hydrogen-bond donors (Lipinski definition) is 2. The van der Waals surface area contributed by atoms with Crippen LogP contribution in [0.4, 0.5) is 17.5 Å². The number of anilines is 3. The molecular weight excluding hydrogens is 359 g/mol. The quantitative estimate of drug-likeness (QED) is 0.624. The third-order valence-corrected chi connectivity index (χ3v) is 4.32. The lowest BCUT2D eigenvalue weighted by atomic mass is 10.2. The summed E-state index contributed by atoms with van der Waals surface area (Å²) in [4.78, 5) is 8.66. The summed E-state index contributed by atoms with van der Waals surface area (Å²) in [5, 5.41) is 7.26. The fraction of sp³-hybridized carbons (Fsp3) is 0.111. The first-order chi connectivity index (χ1) is 12.2. The van der Waals surface area contributed by atoms with Gasteiger partial charge in [0.2, 0.25) is 5.95 Å². The van der Waals surface area contributed by atoms with Gasteiger partial charge in [0.25, 0.3) is 0 Å². The van der Waals surface area contributed by atoms with Gasteiger partial charge in [0, 0.05) is 18.3 Å². The summed E-state index contributed by atoms with van der Waals surface area (Å²) in [5.74, 6) is 1.92. The van der Waals surface area contributed by atoms with E-state index in [9.17, 15) is 0 Å². The molecule has 0 unspecified atom stereocenters. The van der Waals surface area contributed by atoms with Gasteiger partial charge in [-0.15, -0.1) is 0 Å². The Morgan fingerprint density at radius 2 is 1.88 bits per heavy atom. The van der Waals surface area contributed by atoms with E-state index in [1.165, 1.54) is 0 Å². The maximum Gasteiger partial charge on any atom is 0.224 e. The van der Waals surface area contributed by atoms with Crippen LogP contribution in [0, 0.1) is 0 Å². The van der Waals surface area contributed by atoms with E-state index in [4.69, 9.17) is 27.9 Å². The molecular formula is C18H16Cl2N4O. The highest BCUT2D eigenvalue weighted by atomic mass is 35.5. The molecule has 128 valence electrons. The molecule has 0 aliphatic heterocycles. The predicted molar refractivity (Wildman–Crippen MR) is 102 cm³/mol. The lowest BCUT2D eigenvalue weighted by Gasteiger charge is -2.11. The molecule has 0 amide bonds. The van der Waals surface area contributed by atoms with Crippen LogP contribution in [0.2, 0.25) is 10.0 Å². The van der Waals surface area contributed by atoms with E-state index in [1.807, 2.05) is 36.4 Å². The highest BCUT2D eigenvalue weighted by Gasteiger charge is 2.07. The summed E-state index contributed by atoms with van der Waals surface area (Å²) in [6, 6.07) is 14.9. The number of aromatic nitrogens is 2. The zero-order valence-corrected chi connectivity index (χ0v) is 15.0. The molecule has 0 spiro atoms. The van der Waals surface area contributed by atoms with Gasteiger partial charge in [-0.05, 0) is 24.3 Å². The number of hydrogen-bond acceptors (Lipinski definition) is 5. The SMILES string of the molecule is COc1ccccc1CNc1nccc(Nc2cccc(Cl)c2Cl)n1. The van der Waals surface area contributed by atoms with Gasteiger partial charge in [-0.1, -0.05) is 47.5 Å². The molecule has 1 heterocycles. The summed E-state index contributed by atoms with van der Waals surface area (Å²) in [6.07, 6.45) is 1.67. The summed E-state index contributed by atoms with van der Waals surface area (Å²) in [7, 11) is 1.65. The van der Waals surface area contributed by atoms with Crippen LogP contribution in [0.1, 0.15) is 5.56 Å². The normalized spacial score (nSPS) is 10.4. The lowest BCUT2D eigenvalue weighted by molar-refractivity contribution is 0.410. The van der Waals surface area contributed by atoms with E-state index >= 15 is 0 Å². The van der Waals surface area contributed by atoms with Crippen molar-refractivity contribution >= 4 is 40.7 Å². The average molecular weight is 375 g/mol. The molecule has 25 heavy (non-hydrogen) atoms. The van der Waals surface area contributed by atoms with E-state index in [1.54, 1.807) is 25.4 Å². The average Bonchev–Trinajstić information content (AvgIpc) is 2.64. The fourth-order valence-corrected chi connectivity index (χ4v) is 2.62. The summed E-state index contributed by atoms with van der Waals surface area (Å²) in [5.41, 5.74) is 1.70. The zero-order chi connectivity index (χ0) is 17.6. The van der Waals surface area contributed by atoms with Crippen LogP contribution in [0.3, 0.4) is 0 Å². The minimum atomic E-state index is 0.450. The lowest BCUT2D eigenvalue weighted by Crippen LogP contribution is -2.06. The van der Waals surface area contributed by atoms with Crippen LogP contribution in [-0.2, 0) is 6.54 Å². The summed E-state index contributed by atoms with van der Waals surface area (Å²) in [6.45, 7) is 0.547. The number of ether oxygens (including phenoxy) is 1. The van der Waals surface area contributed by atoms with E-state index in [2.05, 4.69) is 20.6 Å². The smallest absolute Gasteiger partial charge is 0.224 e. The van der Waals surface area contributed by atoms with Crippen molar-refractivity contribution in [2.45, 2.75) is 6.54 Å². The van der Waals surface area contributed by atoms with Crippen molar-refractivity contribution in [1.29, 1.82) is 0 Å². The van der Waals surface area contributed by atoms with Gasteiger partial charge >= 0.3 is 0 Å². The number of halogens is 2. The largest absolute Gasteiger partial charge is 0.496 e. The number of nitrogens with one attached hydrogen (secondary N) is 2. The fourth-order valence-electron chi connectivity index (χ4n) is 2.28. The summed E-state index contributed by atoms with van der Waals surface area (Å²) >= 11 is 12.2. The van der Waals surface area contributed by atoms with Crippen LogP contribution in [0.25, 0.3) is 0 Å². The predicted octanol–water partition coefficient (Wildman–Crippen LogP) is 5.15. The molecule has 0 fully saturated rings. The Kier molecular flexibility index (Phi) is 5.58. The van der Waals surface area contributed by atoms with Gasteiger partial charge in [0.1, 0.15) is 11.6 Å². The molecule has 2 aromatic carbocycles. The second kappa shape index (κ2) is 8.05. The van der Waals surface area contributed by atoms with Gasteiger partial charge in [0.15, 0.2) is 0 Å². The molecule has 5 nitrogen and oxygen atoms in total. The molecule has 7 heteroatoms. The second-order valence-corrected chi connectivity index (χ2v) is 5.94. The van der Waals surface area contributed by atoms with Crippen molar-refractivity contribution in [2.75, 3.05) is 17.7 Å². The summed E-state index contributed by atoms with van der Waals surface area (Å²) < 4.78 is 5.34. The molecule has 3 rings (SSSR count). The molecule has 3 aromatic rings. The highest BCUT2D eigenvalue weighted by Crippen LogP contribution is 2.31. The Bertz CT molecular complexity index is 873. The molecule has 0 aliphatic carbocycles. The van der Waals surface area contributed by atoms with Gasteiger partial charge in [0.05, 0.1) is 22.8 Å². The third kappa shape index (κ3) is 4.32. The Morgan fingerprint density at radius 3 is 2.72 bits per heavy atom. The topological polar surface area (TPSA) is 59.1 Å². The van der Waals surface area contributed by atoms with Crippen molar-refractivity contribution in [1.82, 2.24) is 9.97 Å². The van der Waals surface area contributed by atoms with Crippen LogP contribution in [0.15, 0.2) is 54.7 Å². The van der Waals surface area contributed by atoms with Crippen molar-refractivity contribution in [2.24, 2.45) is 0 Å². The van der Waals surface area contributed by atoms with E-state index in [0.717, 1.165) is 11.3 Å². The first kappa shape index (κ1) is 17.3. The monoisotopic (exact) mass is 374 g/mol. The number of nitrogens with zero attached hydrogens (tertiary/aromatic N) is 2. The maximum atomic E-state index is 6.19. The molecule has 1 aromatic heterocycles. The highest BCUT2D eigenvalue weighted by molar-refractivity contribution is 6.43. The first-order valence-corrected chi connectivity index (χ1v) is 8.33. The van der Waals surface area contributed by atoms with Gasteiger partial charge in [-0.25, -0.2) is 4.98 Å². The van der Waals surface area contributed by atoms with Crippen LogP contribution < -0.4 is 15.4 Å². The van der Waals surface area contributed by atoms with Crippen molar-refractivity contribution < 1.29 is 4.74 Å². The molecule has 0 saturated heterocycles. The van der Waals surface area contributed by atoms with Crippen LogP contribution in [-0.4, -0.2) is 17.1 Å². The Labute approximate surface area is 156 Å². The van der Waals surface area contributed by atoms with E-state index < -0.39 is 0 Å². The van der Waals surface area contributed by atoms with E-state index in [0.29, 0.717) is 34.0 Å². The molecule has 0 bridgehead atoms. The number of benzene rings is 2. The Morgan fingerprint density at radius 1 is 1.04 bits per heavy atom. The van der Waals surface area contributed by atoms with Gasteiger partial charge < -0.3 is 15.4 Å². The van der Waals surface area contributed by atoms with E-state index in [-0.39, 0.29) is 0 Å². The second-order valence-electron chi connectivity index (χ2n) is 5.16. The standard InChI is InChI=1S/C18H16Cl2N4O/c1-25-15-8-3-2-5-12(15)11-22-18-21-10-9-16(24-18)23-14-7-4-6-13(19)17(14)20/h2-10H,11H2,1H3,(H2,21,22,23,24). The molecule has 0 saturated carbocycles. The third-order valence-electron chi connectivity index (χ3n) is 3.50. The van der Waals surface area contributed by atoms with Crippen molar-refractivity contribution in [3.8, 4) is 5.75 Å². The first-order valence-electron chi connectivity index (χ1n) is 7.57. The minimum absolute atomic E-state index is 0.450. The Hall–Kier alpha value is -2.50. The number of methoxy groups -OCH3 is 1. The number of para-hydroxylation sites is 1. The molecule has 0 aliphatic rings. The van der Waals surface area contributed by atoms with Crippen LogP contribution in [0.5, 0.6) is 5.75 Å². The zero-order valence-electron chi connectivity index (χ0n) is 13.5. The number of rotatable bonds is 6. The molecule has 0 radical (unpaired) electrons. The van der Waals surface area contributed by atoms with Gasteiger partial charge in [-0.3, -0.25) is 0 Å². The molecule has 2 N–H and O–H groups in total. The Balaban J connectivity index is 1.72. The van der Waals surface area contributed by atoms with Crippen molar-refractivity contribution in [3.05, 3.63) is 70.3 Å². The van der Waals surface area contributed by atoms with Crippen molar-refractivity contribution in [3.63, 3.8) is 0 Å².